The van der Waals surface area contributed by atoms with Gasteiger partial charge < -0.3 is 4.74 Å². The Balaban J connectivity index is 1.81. The van der Waals surface area contributed by atoms with Crippen LogP contribution in [0.15, 0.2) is 53.6 Å². The molecule has 0 saturated heterocycles. The fourth-order valence-corrected chi connectivity index (χ4v) is 4.31. The molecule has 2 heterocycles. The Bertz CT molecular complexity index is 1220. The van der Waals surface area contributed by atoms with Gasteiger partial charge in [-0.1, -0.05) is 42.5 Å². The van der Waals surface area contributed by atoms with Gasteiger partial charge in [0.2, 0.25) is 0 Å². The van der Waals surface area contributed by atoms with Crippen molar-refractivity contribution in [3.8, 4) is 0 Å². The molecule has 0 fully saturated rings. The van der Waals surface area contributed by atoms with E-state index in [4.69, 9.17) is 4.74 Å². The van der Waals surface area contributed by atoms with Crippen molar-refractivity contribution < 1.29 is 9.53 Å². The molecule has 0 aliphatic heterocycles. The van der Waals surface area contributed by atoms with Gasteiger partial charge in [0, 0.05) is 0 Å². The van der Waals surface area contributed by atoms with E-state index in [0.29, 0.717) is 33.8 Å². The summed E-state index contributed by atoms with van der Waals surface area (Å²) in [6.45, 7) is 4.25. The zero-order valence-corrected chi connectivity index (χ0v) is 15.9. The van der Waals surface area contributed by atoms with E-state index < -0.39 is 5.97 Å². The average Bonchev–Trinajstić information content (AvgIpc) is 3.02. The Labute approximate surface area is 159 Å². The van der Waals surface area contributed by atoms with Gasteiger partial charge in [-0.2, -0.15) is 0 Å². The van der Waals surface area contributed by atoms with Crippen LogP contribution in [0.1, 0.15) is 27.7 Å². The first-order chi connectivity index (χ1) is 13.1. The summed E-state index contributed by atoms with van der Waals surface area (Å²) in [5.74, 6) is -0.405. The van der Waals surface area contributed by atoms with E-state index in [2.05, 4.69) is 23.2 Å². The van der Waals surface area contributed by atoms with E-state index in [-0.39, 0.29) is 5.56 Å². The van der Waals surface area contributed by atoms with Crippen LogP contribution in [0.2, 0.25) is 0 Å². The highest BCUT2D eigenvalue weighted by Crippen LogP contribution is 2.27. The third-order valence-electron chi connectivity index (χ3n) is 4.60. The number of carbonyl (C=O) groups is 1. The molecular formula is C21H18N2O3S. The lowest BCUT2D eigenvalue weighted by molar-refractivity contribution is 0.0531. The monoisotopic (exact) mass is 378 g/mol. The Kier molecular flexibility index (Phi) is 4.49. The van der Waals surface area contributed by atoms with Gasteiger partial charge in [-0.15, -0.1) is 11.3 Å². The van der Waals surface area contributed by atoms with E-state index in [1.54, 1.807) is 24.7 Å². The van der Waals surface area contributed by atoms with Gasteiger partial charge in [0.05, 0.1) is 24.9 Å². The molecule has 0 aliphatic carbocycles. The SMILES string of the molecule is CCOC(=O)c1sc2ncn(Cc3cccc4ccccc34)c(=O)c2c1C. The Hall–Kier alpha value is -2.99. The number of thiophene rings is 1. The first-order valence-corrected chi connectivity index (χ1v) is 9.54. The molecule has 5 nitrogen and oxygen atoms in total. The minimum absolute atomic E-state index is 0.141. The van der Waals surface area contributed by atoms with Crippen molar-refractivity contribution in [1.29, 1.82) is 0 Å². The number of hydrogen-bond donors (Lipinski definition) is 0. The largest absolute Gasteiger partial charge is 0.462 e. The molecule has 4 rings (SSSR count). The molecule has 0 N–H and O–H groups in total. The molecule has 4 aromatic rings. The van der Waals surface area contributed by atoms with Gasteiger partial charge in [-0.3, -0.25) is 9.36 Å². The van der Waals surface area contributed by atoms with Gasteiger partial charge in [-0.05, 0) is 35.7 Å². The van der Waals surface area contributed by atoms with Crippen molar-refractivity contribution in [3.05, 3.63) is 75.1 Å². The standard InChI is InChI=1S/C21H18N2O3S/c1-3-26-21(25)18-13(2)17-19(27-18)22-12-23(20(17)24)11-15-9-6-8-14-7-4-5-10-16(14)15/h4-10,12H,3,11H2,1-2H3. The maximum Gasteiger partial charge on any atom is 0.348 e. The lowest BCUT2D eigenvalue weighted by Gasteiger charge is -2.09. The number of benzene rings is 2. The smallest absolute Gasteiger partial charge is 0.348 e. The van der Waals surface area contributed by atoms with Crippen LogP contribution in [-0.4, -0.2) is 22.1 Å². The van der Waals surface area contributed by atoms with Crippen LogP contribution in [0.5, 0.6) is 0 Å². The molecule has 2 aromatic heterocycles. The number of aromatic nitrogens is 2. The highest BCUT2D eigenvalue weighted by atomic mass is 32.1. The number of nitrogens with zero attached hydrogens (tertiary/aromatic N) is 2. The van der Waals surface area contributed by atoms with E-state index in [9.17, 15) is 9.59 Å². The second-order valence-electron chi connectivity index (χ2n) is 6.27. The number of carbonyl (C=O) groups excluding carboxylic acids is 1. The van der Waals surface area contributed by atoms with Gasteiger partial charge in [0.25, 0.3) is 5.56 Å². The van der Waals surface area contributed by atoms with Crippen molar-refractivity contribution in [2.24, 2.45) is 0 Å². The summed E-state index contributed by atoms with van der Waals surface area (Å²) >= 11 is 1.20. The zero-order chi connectivity index (χ0) is 19.0. The van der Waals surface area contributed by atoms with Crippen LogP contribution in [0.4, 0.5) is 0 Å². The number of aryl methyl sites for hydroxylation is 1. The normalized spacial score (nSPS) is 11.2. The molecule has 136 valence electrons. The summed E-state index contributed by atoms with van der Waals surface area (Å²) in [6, 6.07) is 14.2. The number of ether oxygens (including phenoxy) is 1. The van der Waals surface area contributed by atoms with Crippen LogP contribution in [0.25, 0.3) is 21.0 Å². The van der Waals surface area contributed by atoms with Crippen LogP contribution in [-0.2, 0) is 11.3 Å². The molecule has 0 aliphatic rings. The van der Waals surface area contributed by atoms with Crippen LogP contribution in [0, 0.1) is 6.92 Å². The average molecular weight is 378 g/mol. The molecule has 27 heavy (non-hydrogen) atoms. The van der Waals surface area contributed by atoms with Crippen molar-refractivity contribution in [3.63, 3.8) is 0 Å². The number of hydrogen-bond acceptors (Lipinski definition) is 5. The molecule has 0 radical (unpaired) electrons. The molecule has 0 unspecified atom stereocenters. The highest BCUT2D eigenvalue weighted by molar-refractivity contribution is 7.20. The summed E-state index contributed by atoms with van der Waals surface area (Å²) < 4.78 is 6.68. The van der Waals surface area contributed by atoms with Crippen molar-refractivity contribution in [1.82, 2.24) is 9.55 Å². The van der Waals surface area contributed by atoms with Gasteiger partial charge in [0.1, 0.15) is 9.71 Å². The number of esters is 1. The molecule has 0 amide bonds. The Morgan fingerprint density at radius 1 is 1.19 bits per heavy atom. The fraction of sp³-hybridized carbons (Fsp3) is 0.190. The molecule has 0 saturated carbocycles. The summed E-state index contributed by atoms with van der Waals surface area (Å²) in [5.41, 5.74) is 1.55. The first-order valence-electron chi connectivity index (χ1n) is 8.72. The summed E-state index contributed by atoms with van der Waals surface area (Å²) in [6.07, 6.45) is 1.55. The number of rotatable bonds is 4. The van der Waals surface area contributed by atoms with E-state index in [1.807, 2.05) is 24.3 Å². The summed E-state index contributed by atoms with van der Waals surface area (Å²) in [4.78, 5) is 30.6. The van der Waals surface area contributed by atoms with Crippen molar-refractivity contribution in [2.45, 2.75) is 20.4 Å². The zero-order valence-electron chi connectivity index (χ0n) is 15.1. The van der Waals surface area contributed by atoms with E-state index >= 15 is 0 Å². The number of fused-ring (bicyclic) bond motifs is 2. The third kappa shape index (κ3) is 3.02. The first kappa shape index (κ1) is 17.4. The predicted molar refractivity (Wildman–Crippen MR) is 108 cm³/mol. The maximum atomic E-state index is 13.1. The lowest BCUT2D eigenvalue weighted by atomic mass is 10.0. The Morgan fingerprint density at radius 2 is 1.96 bits per heavy atom. The van der Waals surface area contributed by atoms with Gasteiger partial charge in [-0.25, -0.2) is 9.78 Å². The van der Waals surface area contributed by atoms with Gasteiger partial charge in [0.15, 0.2) is 0 Å². The minimum atomic E-state index is -0.405. The molecular weight excluding hydrogens is 360 g/mol. The van der Waals surface area contributed by atoms with Gasteiger partial charge >= 0.3 is 5.97 Å². The quantitative estimate of drug-likeness (QED) is 0.501. The predicted octanol–water partition coefficient (Wildman–Crippen LogP) is 4.14. The second kappa shape index (κ2) is 6.96. The van der Waals surface area contributed by atoms with E-state index in [1.165, 1.54) is 11.3 Å². The topological polar surface area (TPSA) is 61.2 Å². The van der Waals surface area contributed by atoms with Crippen LogP contribution >= 0.6 is 11.3 Å². The molecule has 0 spiro atoms. The van der Waals surface area contributed by atoms with Crippen LogP contribution in [0.3, 0.4) is 0 Å². The van der Waals surface area contributed by atoms with E-state index in [0.717, 1.165) is 16.3 Å². The summed E-state index contributed by atoms with van der Waals surface area (Å²) in [5, 5.41) is 2.74. The van der Waals surface area contributed by atoms with Crippen LogP contribution < -0.4 is 5.56 Å². The molecule has 6 heteroatoms. The highest BCUT2D eigenvalue weighted by Gasteiger charge is 2.20. The van der Waals surface area contributed by atoms with Crippen molar-refractivity contribution >= 4 is 38.3 Å². The lowest BCUT2D eigenvalue weighted by Crippen LogP contribution is -2.21. The Morgan fingerprint density at radius 3 is 2.78 bits per heavy atom. The molecule has 2 aromatic carbocycles. The fourth-order valence-electron chi connectivity index (χ4n) is 3.28. The minimum Gasteiger partial charge on any atom is -0.462 e. The maximum absolute atomic E-state index is 13.1. The molecule has 0 bridgehead atoms. The third-order valence-corrected chi connectivity index (χ3v) is 5.78. The van der Waals surface area contributed by atoms with Crippen molar-refractivity contribution in [2.75, 3.05) is 6.61 Å². The second-order valence-corrected chi connectivity index (χ2v) is 7.27. The summed E-state index contributed by atoms with van der Waals surface area (Å²) in [7, 11) is 0. The molecule has 0 atom stereocenters.